The number of allylic oxidation sites excluding steroid dienone is 10. The topological polar surface area (TPSA) is 0 Å². The minimum Gasteiger partial charge on any atom is -0.0844 e. The minimum absolute atomic E-state index is 1.01. The quantitative estimate of drug-likeness (QED) is 0.473. The first-order chi connectivity index (χ1) is 6.00. The van der Waals surface area contributed by atoms with Crippen molar-refractivity contribution in [3.63, 3.8) is 0 Å². The van der Waals surface area contributed by atoms with E-state index in [2.05, 4.69) is 30.4 Å². The van der Waals surface area contributed by atoms with E-state index in [1.165, 1.54) is 0 Å². The fraction of sp³-hybridized carbons (Fsp3) is 0.167. The summed E-state index contributed by atoms with van der Waals surface area (Å²) in [6, 6.07) is 0. The Kier molecular flexibility index (Phi) is 4.70. The molecule has 0 bridgehead atoms. The van der Waals surface area contributed by atoms with Crippen molar-refractivity contribution in [2.24, 2.45) is 0 Å². The zero-order valence-corrected chi connectivity index (χ0v) is 7.11. The third-order valence-corrected chi connectivity index (χ3v) is 1.48. The van der Waals surface area contributed by atoms with Crippen molar-refractivity contribution in [2.45, 2.75) is 12.8 Å². The fourth-order valence-corrected chi connectivity index (χ4v) is 0.876. The average Bonchev–Trinajstić information content (AvgIpc) is 2.05. The van der Waals surface area contributed by atoms with Crippen molar-refractivity contribution in [1.29, 1.82) is 0 Å². The minimum atomic E-state index is 1.01. The maximum absolute atomic E-state index is 3.04. The second-order valence-electron chi connectivity index (χ2n) is 2.49. The van der Waals surface area contributed by atoms with Crippen molar-refractivity contribution in [1.82, 2.24) is 0 Å². The first kappa shape index (κ1) is 8.79. The summed E-state index contributed by atoms with van der Waals surface area (Å²) in [7, 11) is 0. The van der Waals surface area contributed by atoms with Gasteiger partial charge in [-0.05, 0) is 18.9 Å². The monoisotopic (exact) mass is 157 g/mol. The average molecular weight is 157 g/mol. The molecule has 1 aliphatic carbocycles. The molecule has 1 radical (unpaired) electrons. The van der Waals surface area contributed by atoms with Gasteiger partial charge in [-0.25, -0.2) is 0 Å². The van der Waals surface area contributed by atoms with Crippen molar-refractivity contribution in [3.8, 4) is 0 Å². The van der Waals surface area contributed by atoms with Crippen molar-refractivity contribution in [3.05, 3.63) is 60.8 Å². The Morgan fingerprint density at radius 3 is 2.33 bits per heavy atom. The van der Waals surface area contributed by atoms with Crippen LogP contribution in [0.1, 0.15) is 12.8 Å². The Bertz CT molecular complexity index is 211. The van der Waals surface area contributed by atoms with Crippen LogP contribution in [-0.4, -0.2) is 0 Å². The van der Waals surface area contributed by atoms with Crippen LogP contribution >= 0.6 is 0 Å². The first-order valence-corrected chi connectivity index (χ1v) is 4.21. The van der Waals surface area contributed by atoms with Gasteiger partial charge in [-0.2, -0.15) is 0 Å². The van der Waals surface area contributed by atoms with Gasteiger partial charge in [0.25, 0.3) is 0 Å². The molecule has 0 aromatic rings. The first-order valence-electron chi connectivity index (χ1n) is 4.21. The molecular formula is C12H13. The Labute approximate surface area is 74.3 Å². The molecule has 0 unspecified atom stereocenters. The molecule has 0 fully saturated rings. The van der Waals surface area contributed by atoms with Gasteiger partial charge < -0.3 is 0 Å². The molecule has 0 atom stereocenters. The SMILES string of the molecule is [C]1=C\C=C\C/C=C/C/C=C/C=C/1. The summed E-state index contributed by atoms with van der Waals surface area (Å²) in [6.45, 7) is 0. The molecule has 0 heterocycles. The third-order valence-electron chi connectivity index (χ3n) is 1.48. The highest BCUT2D eigenvalue weighted by Crippen LogP contribution is 1.93. The highest BCUT2D eigenvalue weighted by molar-refractivity contribution is 5.13. The van der Waals surface area contributed by atoms with Gasteiger partial charge in [0.15, 0.2) is 0 Å². The van der Waals surface area contributed by atoms with Crippen molar-refractivity contribution < 1.29 is 0 Å². The van der Waals surface area contributed by atoms with Crippen molar-refractivity contribution in [2.75, 3.05) is 0 Å². The zero-order valence-electron chi connectivity index (χ0n) is 7.11. The van der Waals surface area contributed by atoms with Gasteiger partial charge in [0.05, 0.1) is 0 Å². The lowest BCUT2D eigenvalue weighted by Crippen LogP contribution is -1.62. The largest absolute Gasteiger partial charge is 0.0844 e. The molecule has 0 aromatic heterocycles. The van der Waals surface area contributed by atoms with Gasteiger partial charge in [0.1, 0.15) is 0 Å². The fourth-order valence-electron chi connectivity index (χ4n) is 0.876. The Morgan fingerprint density at radius 2 is 1.50 bits per heavy atom. The van der Waals surface area contributed by atoms with Crippen LogP contribution in [0.15, 0.2) is 54.7 Å². The van der Waals surface area contributed by atoms with Gasteiger partial charge in [-0.3, -0.25) is 0 Å². The van der Waals surface area contributed by atoms with Crippen LogP contribution < -0.4 is 0 Å². The number of hydrogen-bond donors (Lipinski definition) is 0. The highest BCUT2D eigenvalue weighted by atomic mass is 13.8. The lowest BCUT2D eigenvalue weighted by atomic mass is 10.2. The molecule has 0 heteroatoms. The molecule has 0 spiro atoms. The second-order valence-corrected chi connectivity index (χ2v) is 2.49. The molecule has 0 aromatic carbocycles. The summed E-state index contributed by atoms with van der Waals surface area (Å²) in [5.74, 6) is 0. The van der Waals surface area contributed by atoms with E-state index in [-0.39, 0.29) is 0 Å². The molecular weight excluding hydrogens is 144 g/mol. The van der Waals surface area contributed by atoms with E-state index in [0.29, 0.717) is 0 Å². The van der Waals surface area contributed by atoms with E-state index < -0.39 is 0 Å². The smallest absolute Gasteiger partial charge is 0.0166 e. The molecule has 1 rings (SSSR count). The lowest BCUT2D eigenvalue weighted by Gasteiger charge is -1.83. The standard InChI is InChI=1S/C12H13/c1-2-4-6-8-10-12-11-9-7-5-3-1/h1-4,7-10,12H,5,11H2/b3-1+,4-2+,8-6?,9-7+,12-10+. The van der Waals surface area contributed by atoms with Crippen LogP contribution in [0, 0.1) is 6.08 Å². The molecule has 1 aliphatic rings. The predicted molar refractivity (Wildman–Crippen MR) is 53.6 cm³/mol. The second kappa shape index (κ2) is 6.41. The summed E-state index contributed by atoms with van der Waals surface area (Å²) >= 11 is 0. The van der Waals surface area contributed by atoms with Gasteiger partial charge in [-0.15, -0.1) is 0 Å². The van der Waals surface area contributed by atoms with Crippen LogP contribution in [0.25, 0.3) is 0 Å². The van der Waals surface area contributed by atoms with Gasteiger partial charge in [-0.1, -0.05) is 54.7 Å². The van der Waals surface area contributed by atoms with E-state index in [1.54, 1.807) is 0 Å². The Balaban J connectivity index is 2.55. The summed E-state index contributed by atoms with van der Waals surface area (Å²) in [5.41, 5.74) is 0. The summed E-state index contributed by atoms with van der Waals surface area (Å²) in [5, 5.41) is 0. The van der Waals surface area contributed by atoms with Crippen LogP contribution in [0.5, 0.6) is 0 Å². The Hall–Kier alpha value is -1.30. The molecule has 0 nitrogen and oxygen atoms in total. The van der Waals surface area contributed by atoms with Crippen LogP contribution in [0.2, 0.25) is 0 Å². The summed E-state index contributed by atoms with van der Waals surface area (Å²) in [6.07, 6.45) is 23.5. The maximum Gasteiger partial charge on any atom is -0.0166 e. The van der Waals surface area contributed by atoms with E-state index in [4.69, 9.17) is 0 Å². The van der Waals surface area contributed by atoms with Gasteiger partial charge in [0.2, 0.25) is 0 Å². The molecule has 0 saturated carbocycles. The zero-order chi connectivity index (χ0) is 8.49. The van der Waals surface area contributed by atoms with Crippen LogP contribution in [0.3, 0.4) is 0 Å². The molecule has 0 saturated heterocycles. The van der Waals surface area contributed by atoms with E-state index >= 15 is 0 Å². The predicted octanol–water partition coefficient (Wildman–Crippen LogP) is 3.36. The molecule has 0 amide bonds. The van der Waals surface area contributed by atoms with E-state index in [9.17, 15) is 0 Å². The van der Waals surface area contributed by atoms with Gasteiger partial charge >= 0.3 is 0 Å². The molecule has 61 valence electrons. The van der Waals surface area contributed by atoms with E-state index in [1.807, 2.05) is 30.4 Å². The molecule has 0 aliphatic heterocycles. The molecule has 12 heavy (non-hydrogen) atoms. The number of hydrogen-bond acceptors (Lipinski definition) is 0. The maximum atomic E-state index is 3.04. The van der Waals surface area contributed by atoms with Crippen molar-refractivity contribution >= 4 is 0 Å². The van der Waals surface area contributed by atoms with Crippen LogP contribution in [0.4, 0.5) is 0 Å². The number of rotatable bonds is 0. The molecule has 0 N–H and O–H groups in total. The third kappa shape index (κ3) is 4.51. The highest BCUT2D eigenvalue weighted by Gasteiger charge is 1.72. The Morgan fingerprint density at radius 1 is 0.750 bits per heavy atom. The van der Waals surface area contributed by atoms with Crippen LogP contribution in [-0.2, 0) is 0 Å². The van der Waals surface area contributed by atoms with Gasteiger partial charge in [0, 0.05) is 0 Å². The summed E-state index contributed by atoms with van der Waals surface area (Å²) in [4.78, 5) is 0. The normalized spacial score (nSPS) is 30.7. The lowest BCUT2D eigenvalue weighted by molar-refractivity contribution is 1.31. The van der Waals surface area contributed by atoms with E-state index in [0.717, 1.165) is 12.8 Å². The summed E-state index contributed by atoms with van der Waals surface area (Å²) < 4.78 is 0.